The van der Waals surface area contributed by atoms with E-state index in [2.05, 4.69) is 15.5 Å². The molecular formula is C20H19N3O5. The van der Waals surface area contributed by atoms with E-state index in [1.54, 1.807) is 43.5 Å². The Hall–Kier alpha value is -3.68. The Balaban J connectivity index is 1.49. The minimum atomic E-state index is -0.605. The maximum Gasteiger partial charge on any atom is 0.325 e. The summed E-state index contributed by atoms with van der Waals surface area (Å²) in [6.07, 6.45) is 0. The van der Waals surface area contributed by atoms with Crippen LogP contribution in [0.3, 0.4) is 0 Å². The number of benzene rings is 2. The van der Waals surface area contributed by atoms with E-state index in [1.807, 2.05) is 19.1 Å². The number of methoxy groups -OCH3 is 1. The lowest BCUT2D eigenvalue weighted by Crippen LogP contribution is -2.31. The van der Waals surface area contributed by atoms with E-state index in [0.29, 0.717) is 17.1 Å². The predicted molar refractivity (Wildman–Crippen MR) is 99.6 cm³/mol. The van der Waals surface area contributed by atoms with Gasteiger partial charge in [-0.15, -0.1) is 0 Å². The molecule has 3 aromatic rings. The molecule has 0 radical (unpaired) electrons. The molecule has 1 amide bonds. The van der Waals surface area contributed by atoms with Crippen LogP contribution in [0.15, 0.2) is 53.1 Å². The predicted octanol–water partition coefficient (Wildman–Crippen LogP) is 2.53. The maximum atomic E-state index is 12.1. The quantitative estimate of drug-likeness (QED) is 0.627. The number of hydrogen-bond donors (Lipinski definition) is 1. The fourth-order valence-electron chi connectivity index (χ4n) is 2.44. The summed E-state index contributed by atoms with van der Waals surface area (Å²) in [5.41, 5.74) is 2.08. The zero-order valence-corrected chi connectivity index (χ0v) is 15.5. The minimum Gasteiger partial charge on any atom is -0.497 e. The van der Waals surface area contributed by atoms with Crippen LogP contribution in [0.4, 0.5) is 0 Å². The summed E-state index contributed by atoms with van der Waals surface area (Å²) in [6.45, 7) is 1.39. The van der Waals surface area contributed by atoms with Crippen molar-refractivity contribution in [2.75, 3.05) is 13.7 Å². The molecule has 28 heavy (non-hydrogen) atoms. The molecule has 0 saturated heterocycles. The summed E-state index contributed by atoms with van der Waals surface area (Å²) in [7, 11) is 1.58. The normalized spacial score (nSPS) is 10.4. The van der Waals surface area contributed by atoms with Gasteiger partial charge in [0.2, 0.25) is 5.82 Å². The second-order valence-corrected chi connectivity index (χ2v) is 5.90. The van der Waals surface area contributed by atoms with Crippen molar-refractivity contribution in [3.8, 4) is 17.1 Å². The summed E-state index contributed by atoms with van der Waals surface area (Å²) in [5.74, 6) is 0.306. The molecular weight excluding hydrogens is 362 g/mol. The van der Waals surface area contributed by atoms with Crippen LogP contribution in [0.25, 0.3) is 11.4 Å². The van der Waals surface area contributed by atoms with E-state index in [9.17, 15) is 9.59 Å². The molecule has 8 nitrogen and oxygen atoms in total. The number of amides is 1. The fraction of sp³-hybridized carbons (Fsp3) is 0.200. The highest BCUT2D eigenvalue weighted by atomic mass is 16.6. The van der Waals surface area contributed by atoms with Crippen molar-refractivity contribution in [3.63, 3.8) is 0 Å². The van der Waals surface area contributed by atoms with E-state index >= 15 is 0 Å². The molecule has 0 atom stereocenters. The van der Waals surface area contributed by atoms with Gasteiger partial charge < -0.3 is 19.3 Å². The first-order chi connectivity index (χ1) is 13.6. The van der Waals surface area contributed by atoms with Crippen molar-refractivity contribution < 1.29 is 23.6 Å². The number of hydrogen-bond acceptors (Lipinski definition) is 7. The molecule has 0 aliphatic rings. The third-order valence-corrected chi connectivity index (χ3v) is 3.96. The van der Waals surface area contributed by atoms with E-state index in [0.717, 1.165) is 11.1 Å². The van der Waals surface area contributed by atoms with Gasteiger partial charge in [0.15, 0.2) is 6.61 Å². The number of aryl methyl sites for hydroxylation is 1. The average molecular weight is 381 g/mol. The van der Waals surface area contributed by atoms with Crippen molar-refractivity contribution in [3.05, 3.63) is 65.5 Å². The zero-order chi connectivity index (χ0) is 19.9. The maximum absolute atomic E-state index is 12.1. The first kappa shape index (κ1) is 19.1. The highest BCUT2D eigenvalue weighted by Gasteiger charge is 2.13. The number of esters is 1. The van der Waals surface area contributed by atoms with E-state index in [4.69, 9.17) is 14.0 Å². The Labute approximate surface area is 161 Å². The number of nitrogens with one attached hydrogen (secondary N) is 1. The van der Waals surface area contributed by atoms with Gasteiger partial charge in [-0.25, -0.2) is 0 Å². The van der Waals surface area contributed by atoms with Crippen molar-refractivity contribution in [1.82, 2.24) is 15.5 Å². The van der Waals surface area contributed by atoms with Crippen LogP contribution in [-0.2, 0) is 16.1 Å². The summed E-state index contributed by atoms with van der Waals surface area (Å²) in [5, 5.41) is 6.38. The minimum absolute atomic E-state index is 0.157. The molecule has 0 saturated carbocycles. The lowest BCUT2D eigenvalue weighted by Gasteiger charge is -2.07. The molecule has 1 heterocycles. The van der Waals surface area contributed by atoms with Gasteiger partial charge in [0, 0.05) is 11.1 Å². The van der Waals surface area contributed by atoms with Crippen LogP contribution < -0.4 is 10.1 Å². The van der Waals surface area contributed by atoms with Gasteiger partial charge >= 0.3 is 5.97 Å². The van der Waals surface area contributed by atoms with Crippen LogP contribution in [0.5, 0.6) is 5.75 Å². The second-order valence-electron chi connectivity index (χ2n) is 5.90. The van der Waals surface area contributed by atoms with Crippen molar-refractivity contribution in [2.45, 2.75) is 13.5 Å². The SMILES string of the molecule is COc1ccc(-c2noc(COC(=O)CNC(=O)c3ccccc3C)n2)cc1. The second kappa shape index (κ2) is 8.81. The lowest BCUT2D eigenvalue weighted by molar-refractivity contribution is -0.144. The highest BCUT2D eigenvalue weighted by Crippen LogP contribution is 2.19. The largest absolute Gasteiger partial charge is 0.497 e. The van der Waals surface area contributed by atoms with Gasteiger partial charge in [0.25, 0.3) is 11.8 Å². The number of aromatic nitrogens is 2. The lowest BCUT2D eigenvalue weighted by atomic mass is 10.1. The number of rotatable bonds is 7. The summed E-state index contributed by atoms with van der Waals surface area (Å²) in [4.78, 5) is 28.1. The number of carbonyl (C=O) groups is 2. The Bertz CT molecular complexity index is 966. The van der Waals surface area contributed by atoms with Crippen molar-refractivity contribution >= 4 is 11.9 Å². The Morgan fingerprint density at radius 3 is 2.57 bits per heavy atom. The van der Waals surface area contributed by atoms with E-state index in [1.165, 1.54) is 0 Å². The third kappa shape index (κ3) is 4.73. The van der Waals surface area contributed by atoms with Gasteiger partial charge in [-0.1, -0.05) is 23.4 Å². The van der Waals surface area contributed by atoms with Gasteiger partial charge in [0.05, 0.1) is 7.11 Å². The van der Waals surface area contributed by atoms with Crippen LogP contribution in [0.1, 0.15) is 21.8 Å². The van der Waals surface area contributed by atoms with Gasteiger partial charge in [0.1, 0.15) is 12.3 Å². The average Bonchev–Trinajstić information content (AvgIpc) is 3.20. The molecule has 0 bridgehead atoms. The molecule has 0 aliphatic heterocycles. The molecule has 0 unspecified atom stereocenters. The Morgan fingerprint density at radius 2 is 1.86 bits per heavy atom. The number of ether oxygens (including phenoxy) is 2. The molecule has 0 spiro atoms. The van der Waals surface area contributed by atoms with Crippen LogP contribution in [0.2, 0.25) is 0 Å². The van der Waals surface area contributed by atoms with Gasteiger partial charge in [-0.3, -0.25) is 9.59 Å². The molecule has 0 aliphatic carbocycles. The highest BCUT2D eigenvalue weighted by molar-refractivity contribution is 5.97. The third-order valence-electron chi connectivity index (χ3n) is 3.96. The van der Waals surface area contributed by atoms with Crippen LogP contribution >= 0.6 is 0 Å². The Morgan fingerprint density at radius 1 is 1.11 bits per heavy atom. The summed E-state index contributed by atoms with van der Waals surface area (Å²) < 4.78 is 15.2. The summed E-state index contributed by atoms with van der Waals surface area (Å²) >= 11 is 0. The van der Waals surface area contributed by atoms with Crippen molar-refractivity contribution in [1.29, 1.82) is 0 Å². The fourth-order valence-corrected chi connectivity index (χ4v) is 2.44. The zero-order valence-electron chi connectivity index (χ0n) is 15.5. The van der Waals surface area contributed by atoms with Crippen LogP contribution in [-0.4, -0.2) is 35.7 Å². The molecule has 2 aromatic carbocycles. The summed E-state index contributed by atoms with van der Waals surface area (Å²) in [6, 6.07) is 14.3. The number of carbonyl (C=O) groups excluding carboxylic acids is 2. The molecule has 8 heteroatoms. The molecule has 144 valence electrons. The molecule has 0 fully saturated rings. The van der Waals surface area contributed by atoms with Gasteiger partial charge in [-0.05, 0) is 42.8 Å². The standard InChI is InChI=1S/C20H19N3O5/c1-13-5-3-4-6-16(13)20(25)21-11-18(24)27-12-17-22-19(23-28-17)14-7-9-15(26-2)10-8-14/h3-10H,11-12H2,1-2H3,(H,21,25). The first-order valence-electron chi connectivity index (χ1n) is 8.53. The smallest absolute Gasteiger partial charge is 0.325 e. The Kier molecular flexibility index (Phi) is 6.01. The van der Waals surface area contributed by atoms with Gasteiger partial charge in [-0.2, -0.15) is 4.98 Å². The number of nitrogens with zero attached hydrogens (tertiary/aromatic N) is 2. The van der Waals surface area contributed by atoms with Crippen LogP contribution in [0, 0.1) is 6.92 Å². The molecule has 1 N–H and O–H groups in total. The topological polar surface area (TPSA) is 104 Å². The first-order valence-corrected chi connectivity index (χ1v) is 8.53. The van der Waals surface area contributed by atoms with E-state index in [-0.39, 0.29) is 24.9 Å². The van der Waals surface area contributed by atoms with Crippen molar-refractivity contribution in [2.24, 2.45) is 0 Å². The molecule has 1 aromatic heterocycles. The monoisotopic (exact) mass is 381 g/mol. The molecule has 3 rings (SSSR count). The van der Waals surface area contributed by atoms with E-state index < -0.39 is 5.97 Å².